The summed E-state index contributed by atoms with van der Waals surface area (Å²) >= 11 is 1.68. The lowest BCUT2D eigenvalue weighted by Gasteiger charge is -2.35. The molecule has 0 bridgehead atoms. The van der Waals surface area contributed by atoms with E-state index in [9.17, 15) is 4.79 Å². The molecule has 2 aromatic rings. The molecule has 2 aliphatic rings. The summed E-state index contributed by atoms with van der Waals surface area (Å²) in [6.45, 7) is 3.81. The molecule has 4 rings (SSSR count). The van der Waals surface area contributed by atoms with Crippen LogP contribution in [0, 0.1) is 0 Å². The fraction of sp³-hybridized carbons (Fsp3) is 0.522. The summed E-state index contributed by atoms with van der Waals surface area (Å²) in [5, 5.41) is 3.21. The van der Waals surface area contributed by atoms with Gasteiger partial charge in [0, 0.05) is 24.5 Å². The molecular formula is C23H30N2O3S. The molecule has 1 amide bonds. The number of carbonyl (C=O) groups excluding carboxylic acids is 1. The second-order valence-electron chi connectivity index (χ2n) is 7.77. The van der Waals surface area contributed by atoms with Gasteiger partial charge in [0.15, 0.2) is 0 Å². The maximum atomic E-state index is 12.9. The van der Waals surface area contributed by atoms with Crippen LogP contribution in [0.2, 0.25) is 0 Å². The molecule has 1 aromatic carbocycles. The molecule has 2 heterocycles. The minimum atomic E-state index is 0.0508. The molecule has 0 spiro atoms. The Balaban J connectivity index is 1.46. The number of amides is 1. The number of nitrogens with zero attached hydrogens (tertiary/aromatic N) is 1. The van der Waals surface area contributed by atoms with Gasteiger partial charge < -0.3 is 14.8 Å². The van der Waals surface area contributed by atoms with Gasteiger partial charge in [-0.2, -0.15) is 0 Å². The summed E-state index contributed by atoms with van der Waals surface area (Å²) < 4.78 is 10.8. The Hall–Kier alpha value is -1.89. The summed E-state index contributed by atoms with van der Waals surface area (Å²) in [5.41, 5.74) is 2.58. The van der Waals surface area contributed by atoms with Crippen molar-refractivity contribution in [3.05, 3.63) is 51.2 Å². The number of hydrogen-bond acceptors (Lipinski definition) is 5. The monoisotopic (exact) mass is 414 g/mol. The molecule has 29 heavy (non-hydrogen) atoms. The van der Waals surface area contributed by atoms with Crippen molar-refractivity contribution in [1.82, 2.24) is 10.2 Å². The van der Waals surface area contributed by atoms with Crippen molar-refractivity contribution >= 4 is 17.2 Å². The Morgan fingerprint density at radius 2 is 1.93 bits per heavy atom. The van der Waals surface area contributed by atoms with E-state index in [4.69, 9.17) is 9.47 Å². The lowest BCUT2D eigenvalue weighted by atomic mass is 10.0. The summed E-state index contributed by atoms with van der Waals surface area (Å²) in [7, 11) is 1.68. The minimum Gasteiger partial charge on any atom is -0.497 e. The molecule has 0 saturated carbocycles. The molecule has 0 unspecified atom stereocenters. The highest BCUT2D eigenvalue weighted by Crippen LogP contribution is 2.29. The van der Waals surface area contributed by atoms with Gasteiger partial charge in [0.2, 0.25) is 0 Å². The van der Waals surface area contributed by atoms with Crippen LogP contribution < -0.4 is 10.1 Å². The van der Waals surface area contributed by atoms with Gasteiger partial charge in [0.05, 0.1) is 31.2 Å². The lowest BCUT2D eigenvalue weighted by molar-refractivity contribution is 0.0162. The van der Waals surface area contributed by atoms with Crippen LogP contribution >= 0.6 is 11.3 Å². The van der Waals surface area contributed by atoms with E-state index in [1.54, 1.807) is 18.4 Å². The zero-order chi connectivity index (χ0) is 20.1. The molecule has 1 fully saturated rings. The van der Waals surface area contributed by atoms with Gasteiger partial charge in [-0.3, -0.25) is 9.69 Å². The standard InChI is InChI=1S/C23H30N2O3S/c1-27-19-9-7-17(8-10-19)20(25-11-13-28-14-12-25)16-24-23(26)22-15-18-5-3-2-4-6-21(18)29-22/h7-10,15,20H,2-6,11-14,16H2,1H3,(H,24,26)/t20-/m1/s1. The number of nitrogens with one attached hydrogen (secondary N) is 1. The predicted octanol–water partition coefficient (Wildman–Crippen LogP) is 3.83. The average molecular weight is 415 g/mol. The number of thiophene rings is 1. The third-order valence-corrected chi connectivity index (χ3v) is 7.15. The number of fused-ring (bicyclic) bond motifs is 1. The van der Waals surface area contributed by atoms with Gasteiger partial charge in [0.1, 0.15) is 5.75 Å². The lowest BCUT2D eigenvalue weighted by Crippen LogP contribution is -2.43. The van der Waals surface area contributed by atoms with E-state index in [-0.39, 0.29) is 11.9 Å². The van der Waals surface area contributed by atoms with E-state index in [0.717, 1.165) is 49.8 Å². The molecule has 0 radical (unpaired) electrons. The number of carbonyl (C=O) groups is 1. The van der Waals surface area contributed by atoms with Crippen LogP contribution in [-0.4, -0.2) is 50.8 Å². The Kier molecular flexibility index (Phi) is 6.85. The molecule has 1 aliphatic heterocycles. The van der Waals surface area contributed by atoms with Crippen LogP contribution in [-0.2, 0) is 17.6 Å². The second-order valence-corrected chi connectivity index (χ2v) is 8.90. The molecule has 1 N–H and O–H groups in total. The van der Waals surface area contributed by atoms with Crippen LogP contribution in [0.4, 0.5) is 0 Å². The number of morpholine rings is 1. The molecule has 5 nitrogen and oxygen atoms in total. The van der Waals surface area contributed by atoms with Crippen molar-refractivity contribution in [3.63, 3.8) is 0 Å². The maximum Gasteiger partial charge on any atom is 0.261 e. The SMILES string of the molecule is COc1ccc([C@@H](CNC(=O)c2cc3c(s2)CCCCC3)N2CCOCC2)cc1. The van der Waals surface area contributed by atoms with E-state index in [1.165, 1.54) is 35.3 Å². The number of rotatable bonds is 6. The van der Waals surface area contributed by atoms with Crippen molar-refractivity contribution in [2.45, 2.75) is 38.1 Å². The molecule has 156 valence electrons. The van der Waals surface area contributed by atoms with E-state index in [0.29, 0.717) is 6.54 Å². The predicted molar refractivity (Wildman–Crippen MR) is 116 cm³/mol. The largest absolute Gasteiger partial charge is 0.497 e. The van der Waals surface area contributed by atoms with Crippen LogP contribution in [0.1, 0.15) is 51.0 Å². The summed E-state index contributed by atoms with van der Waals surface area (Å²) in [6.07, 6.45) is 6.01. The zero-order valence-corrected chi connectivity index (χ0v) is 17.9. The molecule has 1 saturated heterocycles. The third kappa shape index (κ3) is 5.00. The minimum absolute atomic E-state index is 0.0508. The maximum absolute atomic E-state index is 12.9. The van der Waals surface area contributed by atoms with Crippen LogP contribution in [0.15, 0.2) is 30.3 Å². The van der Waals surface area contributed by atoms with Gasteiger partial charge in [-0.1, -0.05) is 18.6 Å². The summed E-state index contributed by atoms with van der Waals surface area (Å²) in [5.74, 6) is 0.897. The van der Waals surface area contributed by atoms with Crippen LogP contribution in [0.25, 0.3) is 0 Å². The first-order chi connectivity index (χ1) is 14.2. The molecule has 1 aliphatic carbocycles. The number of aryl methyl sites for hydroxylation is 2. The summed E-state index contributed by atoms with van der Waals surface area (Å²) in [6, 6.07) is 10.4. The Bertz CT molecular complexity index is 789. The van der Waals surface area contributed by atoms with Crippen molar-refractivity contribution in [3.8, 4) is 5.75 Å². The number of ether oxygens (including phenoxy) is 2. The fourth-order valence-corrected chi connectivity index (χ4v) is 5.40. The first-order valence-electron chi connectivity index (χ1n) is 10.6. The Labute approximate surface area is 177 Å². The first-order valence-corrected chi connectivity index (χ1v) is 11.4. The van der Waals surface area contributed by atoms with E-state index in [2.05, 4.69) is 28.4 Å². The molecule has 1 aromatic heterocycles. The van der Waals surface area contributed by atoms with E-state index >= 15 is 0 Å². The average Bonchev–Trinajstić information content (AvgIpc) is 3.05. The zero-order valence-electron chi connectivity index (χ0n) is 17.1. The van der Waals surface area contributed by atoms with Gasteiger partial charge >= 0.3 is 0 Å². The first kappa shape index (κ1) is 20.4. The number of benzene rings is 1. The quantitative estimate of drug-likeness (QED) is 0.730. The highest BCUT2D eigenvalue weighted by atomic mass is 32.1. The molecule has 1 atom stereocenters. The highest BCUT2D eigenvalue weighted by molar-refractivity contribution is 7.14. The Morgan fingerprint density at radius 1 is 1.17 bits per heavy atom. The fourth-order valence-electron chi connectivity index (χ4n) is 4.23. The van der Waals surface area contributed by atoms with Crippen molar-refractivity contribution in [1.29, 1.82) is 0 Å². The van der Waals surface area contributed by atoms with Crippen molar-refractivity contribution < 1.29 is 14.3 Å². The van der Waals surface area contributed by atoms with Crippen molar-refractivity contribution in [2.24, 2.45) is 0 Å². The number of methoxy groups -OCH3 is 1. The smallest absolute Gasteiger partial charge is 0.261 e. The second kappa shape index (κ2) is 9.74. The molecule has 6 heteroatoms. The highest BCUT2D eigenvalue weighted by Gasteiger charge is 2.24. The van der Waals surface area contributed by atoms with Gasteiger partial charge in [-0.15, -0.1) is 11.3 Å². The van der Waals surface area contributed by atoms with Gasteiger partial charge in [-0.25, -0.2) is 0 Å². The van der Waals surface area contributed by atoms with Gasteiger partial charge in [-0.05, 0) is 55.0 Å². The van der Waals surface area contributed by atoms with E-state index in [1.807, 2.05) is 12.1 Å². The van der Waals surface area contributed by atoms with E-state index < -0.39 is 0 Å². The van der Waals surface area contributed by atoms with Gasteiger partial charge in [0.25, 0.3) is 5.91 Å². The van der Waals surface area contributed by atoms with Crippen molar-refractivity contribution in [2.75, 3.05) is 40.0 Å². The van der Waals surface area contributed by atoms with Crippen LogP contribution in [0.3, 0.4) is 0 Å². The topological polar surface area (TPSA) is 50.8 Å². The molecular weight excluding hydrogens is 384 g/mol. The third-order valence-electron chi connectivity index (χ3n) is 5.91. The summed E-state index contributed by atoms with van der Waals surface area (Å²) in [4.78, 5) is 17.6. The normalized spacial score (nSPS) is 18.5. The van der Waals surface area contributed by atoms with Crippen LogP contribution in [0.5, 0.6) is 5.75 Å². The Morgan fingerprint density at radius 3 is 2.69 bits per heavy atom. The number of hydrogen-bond donors (Lipinski definition) is 1.